The number of nitriles is 1. The van der Waals surface area contributed by atoms with Gasteiger partial charge in [-0.05, 0) is 17.7 Å². The topological polar surface area (TPSA) is 117 Å². The Morgan fingerprint density at radius 3 is 2.76 bits per heavy atom. The van der Waals surface area contributed by atoms with Gasteiger partial charge in [-0.1, -0.05) is 29.5 Å². The molecule has 0 radical (unpaired) electrons. The predicted octanol–water partition coefficient (Wildman–Crippen LogP) is 1.75. The number of halogens is 2. The smallest absolute Gasteiger partial charge is 0.137 e. The van der Waals surface area contributed by atoms with E-state index in [1.807, 2.05) is 12.1 Å². The van der Waals surface area contributed by atoms with Crippen molar-refractivity contribution in [2.75, 3.05) is 6.54 Å². The maximum Gasteiger partial charge on any atom is 0.137 e. The Morgan fingerprint density at radius 2 is 2.00 bits per heavy atom. The first-order valence-corrected chi connectivity index (χ1v) is 10.0. The van der Waals surface area contributed by atoms with Gasteiger partial charge in [0, 0.05) is 24.7 Å². The lowest BCUT2D eigenvalue weighted by atomic mass is 9.92. The summed E-state index contributed by atoms with van der Waals surface area (Å²) in [4.78, 5) is 3.84. The third kappa shape index (κ3) is 5.25. The number of nitrogens with zero attached hydrogens (tertiary/aromatic N) is 7. The lowest BCUT2D eigenvalue weighted by molar-refractivity contribution is 0.0117. The molecule has 2 heterocycles. The Bertz CT molecular complexity index is 1270. The summed E-state index contributed by atoms with van der Waals surface area (Å²) in [6.45, 7) is 0.454. The van der Waals surface area contributed by atoms with Crippen LogP contribution in [0.1, 0.15) is 22.4 Å². The molecule has 0 amide bonds. The SMILES string of the molecule is N#Cc1ccccc1Cn1cc(CNCC(O)(Cn2cncn2)c2ccc(F)cc2F)nn1. The first-order chi connectivity index (χ1) is 16.0. The summed E-state index contributed by atoms with van der Waals surface area (Å²) in [5.74, 6) is -1.59. The van der Waals surface area contributed by atoms with Crippen LogP contribution >= 0.6 is 0 Å². The molecule has 1 unspecified atom stereocenters. The van der Waals surface area contributed by atoms with E-state index in [-0.39, 0.29) is 25.2 Å². The molecule has 2 aromatic heterocycles. The Hall–Kier alpha value is -4.01. The van der Waals surface area contributed by atoms with Crippen molar-refractivity contribution in [2.24, 2.45) is 0 Å². The summed E-state index contributed by atoms with van der Waals surface area (Å²) in [6.07, 6.45) is 4.42. The van der Waals surface area contributed by atoms with E-state index in [4.69, 9.17) is 0 Å². The molecule has 33 heavy (non-hydrogen) atoms. The Balaban J connectivity index is 1.45. The highest BCUT2D eigenvalue weighted by molar-refractivity contribution is 5.37. The standard InChI is InChI=1S/C22H20F2N8O/c23-18-5-6-20(21(24)7-18)22(33,13-32-15-27-14-28-32)12-26-9-19-11-31(30-29-19)10-17-4-2-1-3-16(17)8-25/h1-7,11,14-15,26,33H,9-10,12-13H2. The molecule has 0 spiro atoms. The minimum Gasteiger partial charge on any atom is -0.382 e. The Morgan fingerprint density at radius 1 is 1.15 bits per heavy atom. The van der Waals surface area contributed by atoms with E-state index in [0.717, 1.165) is 17.7 Å². The molecule has 168 valence electrons. The van der Waals surface area contributed by atoms with Gasteiger partial charge >= 0.3 is 0 Å². The van der Waals surface area contributed by atoms with E-state index in [2.05, 4.69) is 31.8 Å². The van der Waals surface area contributed by atoms with Crippen molar-refractivity contribution in [3.63, 3.8) is 0 Å². The fourth-order valence-corrected chi connectivity index (χ4v) is 3.52. The Kier molecular flexibility index (Phi) is 6.48. The van der Waals surface area contributed by atoms with Crippen molar-refractivity contribution in [2.45, 2.75) is 25.2 Å². The largest absolute Gasteiger partial charge is 0.382 e. The number of benzene rings is 2. The number of aromatic nitrogens is 6. The highest BCUT2D eigenvalue weighted by Gasteiger charge is 2.33. The van der Waals surface area contributed by atoms with Gasteiger partial charge in [0.05, 0.1) is 36.6 Å². The normalized spacial score (nSPS) is 12.9. The van der Waals surface area contributed by atoms with Gasteiger partial charge in [0.25, 0.3) is 0 Å². The van der Waals surface area contributed by atoms with E-state index in [1.54, 1.807) is 23.0 Å². The van der Waals surface area contributed by atoms with Crippen LogP contribution in [-0.2, 0) is 25.2 Å². The molecule has 0 saturated carbocycles. The van der Waals surface area contributed by atoms with Gasteiger partial charge in [-0.3, -0.25) is 0 Å². The molecule has 0 aliphatic heterocycles. The first-order valence-electron chi connectivity index (χ1n) is 10.0. The molecule has 4 aromatic rings. The fourth-order valence-electron chi connectivity index (χ4n) is 3.52. The van der Waals surface area contributed by atoms with Crippen molar-refractivity contribution in [1.29, 1.82) is 5.26 Å². The second-order valence-corrected chi connectivity index (χ2v) is 7.53. The summed E-state index contributed by atoms with van der Waals surface area (Å²) in [5, 5.41) is 35.7. The van der Waals surface area contributed by atoms with E-state index >= 15 is 0 Å². The molecule has 9 nitrogen and oxygen atoms in total. The third-order valence-corrected chi connectivity index (χ3v) is 5.10. The van der Waals surface area contributed by atoms with E-state index in [9.17, 15) is 19.1 Å². The fraction of sp³-hybridized carbons (Fsp3) is 0.227. The molecule has 0 aliphatic carbocycles. The van der Waals surface area contributed by atoms with E-state index in [1.165, 1.54) is 23.4 Å². The lowest BCUT2D eigenvalue weighted by Gasteiger charge is -2.29. The van der Waals surface area contributed by atoms with Gasteiger partial charge in [-0.15, -0.1) is 5.10 Å². The molecule has 11 heteroatoms. The summed E-state index contributed by atoms with van der Waals surface area (Å²) in [7, 11) is 0. The summed E-state index contributed by atoms with van der Waals surface area (Å²) in [5.41, 5.74) is 0.175. The van der Waals surface area contributed by atoms with Crippen LogP contribution in [0.3, 0.4) is 0 Å². The van der Waals surface area contributed by atoms with Crippen LogP contribution in [0.5, 0.6) is 0 Å². The maximum atomic E-state index is 14.5. The van der Waals surface area contributed by atoms with Gasteiger partial charge in [-0.25, -0.2) is 23.1 Å². The highest BCUT2D eigenvalue weighted by Crippen LogP contribution is 2.26. The van der Waals surface area contributed by atoms with Gasteiger partial charge in [0.2, 0.25) is 0 Å². The van der Waals surface area contributed by atoms with Crippen molar-refractivity contribution < 1.29 is 13.9 Å². The number of rotatable bonds is 9. The molecular formula is C22H20F2N8O. The quantitative estimate of drug-likeness (QED) is 0.399. The van der Waals surface area contributed by atoms with Crippen molar-refractivity contribution in [3.8, 4) is 6.07 Å². The zero-order valence-corrected chi connectivity index (χ0v) is 17.4. The van der Waals surface area contributed by atoms with Crippen LogP contribution in [0.15, 0.2) is 61.3 Å². The van der Waals surface area contributed by atoms with Gasteiger partial charge < -0.3 is 10.4 Å². The Labute approximate surface area is 187 Å². The summed E-state index contributed by atoms with van der Waals surface area (Å²) >= 11 is 0. The monoisotopic (exact) mass is 450 g/mol. The minimum atomic E-state index is -1.73. The number of hydrogen-bond donors (Lipinski definition) is 2. The highest BCUT2D eigenvalue weighted by atomic mass is 19.1. The second kappa shape index (κ2) is 9.64. The second-order valence-electron chi connectivity index (χ2n) is 7.53. The first kappa shape index (κ1) is 22.2. The molecule has 2 N–H and O–H groups in total. The zero-order chi connectivity index (χ0) is 23.3. The minimum absolute atomic E-state index is 0.0661. The van der Waals surface area contributed by atoms with Crippen LogP contribution in [0, 0.1) is 23.0 Å². The lowest BCUT2D eigenvalue weighted by Crippen LogP contribution is -2.42. The van der Waals surface area contributed by atoms with E-state index < -0.39 is 17.2 Å². The predicted molar refractivity (Wildman–Crippen MR) is 112 cm³/mol. The third-order valence-electron chi connectivity index (χ3n) is 5.10. The average Bonchev–Trinajstić information content (AvgIpc) is 3.46. The molecule has 4 rings (SSSR count). The molecule has 0 bridgehead atoms. The van der Waals surface area contributed by atoms with Crippen molar-refractivity contribution in [1.82, 2.24) is 35.1 Å². The van der Waals surface area contributed by atoms with Crippen LogP contribution in [-0.4, -0.2) is 41.4 Å². The summed E-state index contributed by atoms with van der Waals surface area (Å²) in [6, 6.07) is 12.4. The molecule has 1 atom stereocenters. The molecule has 0 fully saturated rings. The van der Waals surface area contributed by atoms with Crippen LogP contribution in [0.4, 0.5) is 8.78 Å². The zero-order valence-electron chi connectivity index (χ0n) is 17.4. The van der Waals surface area contributed by atoms with Gasteiger partial charge in [0.15, 0.2) is 0 Å². The maximum absolute atomic E-state index is 14.5. The molecule has 0 saturated heterocycles. The van der Waals surface area contributed by atoms with Gasteiger partial charge in [0.1, 0.15) is 29.9 Å². The van der Waals surface area contributed by atoms with Gasteiger partial charge in [-0.2, -0.15) is 10.4 Å². The number of hydrogen-bond acceptors (Lipinski definition) is 7. The van der Waals surface area contributed by atoms with E-state index in [0.29, 0.717) is 17.8 Å². The van der Waals surface area contributed by atoms with Crippen molar-refractivity contribution in [3.05, 3.63) is 95.3 Å². The van der Waals surface area contributed by atoms with Crippen LogP contribution < -0.4 is 5.32 Å². The molecular weight excluding hydrogens is 430 g/mol. The molecule has 2 aromatic carbocycles. The summed E-state index contributed by atoms with van der Waals surface area (Å²) < 4.78 is 30.8. The molecule has 0 aliphatic rings. The average molecular weight is 450 g/mol. The number of nitrogens with one attached hydrogen (secondary N) is 1. The van der Waals surface area contributed by atoms with Crippen molar-refractivity contribution >= 4 is 0 Å². The van der Waals surface area contributed by atoms with Crippen LogP contribution in [0.25, 0.3) is 0 Å². The van der Waals surface area contributed by atoms with Crippen LogP contribution in [0.2, 0.25) is 0 Å². The number of aliphatic hydroxyl groups is 1.